The maximum Gasteiger partial charge on any atom is 0.352 e. The average Bonchev–Trinajstić information content (AvgIpc) is 3.07. The average molecular weight is 299 g/mol. The zero-order chi connectivity index (χ0) is 14.3. The second kappa shape index (κ2) is 4.87. The van der Waals surface area contributed by atoms with Crippen LogP contribution in [0, 0.1) is 0 Å². The number of rotatable bonds is 3. The lowest BCUT2D eigenvalue weighted by Crippen LogP contribution is -2.51. The first-order valence-electron chi connectivity index (χ1n) is 6.64. The zero-order valence-corrected chi connectivity index (χ0v) is 11.8. The fourth-order valence-electron chi connectivity index (χ4n) is 2.98. The highest BCUT2D eigenvalue weighted by atomic mass is 32.2. The molecule has 1 unspecified atom stereocenters. The molecular weight excluding hydrogens is 282 g/mol. The number of nitrogens with zero attached hydrogens (tertiary/aromatic N) is 2. The molecule has 0 aromatic carbocycles. The Kier molecular flexibility index (Phi) is 3.31. The quantitative estimate of drug-likeness (QED) is 0.830. The lowest BCUT2D eigenvalue weighted by Gasteiger charge is -2.36. The number of carbonyl (C=O) groups is 1. The van der Waals surface area contributed by atoms with Crippen LogP contribution in [-0.4, -0.2) is 65.9 Å². The van der Waals surface area contributed by atoms with E-state index in [1.807, 2.05) is 0 Å². The number of H-pyrrole nitrogens is 1. The second-order valence-corrected chi connectivity index (χ2v) is 7.19. The summed E-state index contributed by atoms with van der Waals surface area (Å²) in [6.45, 7) is 2.76. The number of carboxylic acid groups (broad SMARTS) is 1. The second-order valence-electron chi connectivity index (χ2n) is 5.25. The van der Waals surface area contributed by atoms with Gasteiger partial charge in [-0.2, -0.15) is 4.31 Å². The fraction of sp³-hybridized carbons (Fsp3) is 0.583. The summed E-state index contributed by atoms with van der Waals surface area (Å²) < 4.78 is 26.5. The van der Waals surface area contributed by atoms with Crippen LogP contribution in [-0.2, 0) is 10.0 Å². The van der Waals surface area contributed by atoms with Crippen molar-refractivity contribution in [2.24, 2.45) is 0 Å². The standard InChI is InChI=1S/C12H17N3O4S/c16-12(17)11-6-10(7-13-11)20(18,19)15-5-4-14-3-1-2-9(14)8-15/h6-7,9,13H,1-5,8H2,(H,16,17). The van der Waals surface area contributed by atoms with Crippen LogP contribution in [0.15, 0.2) is 17.2 Å². The van der Waals surface area contributed by atoms with E-state index in [4.69, 9.17) is 5.11 Å². The van der Waals surface area contributed by atoms with Crippen molar-refractivity contribution in [3.63, 3.8) is 0 Å². The number of nitrogens with one attached hydrogen (secondary N) is 1. The molecule has 2 saturated heterocycles. The molecule has 0 radical (unpaired) electrons. The molecule has 1 aromatic rings. The van der Waals surface area contributed by atoms with Crippen LogP contribution in [0.4, 0.5) is 0 Å². The first-order chi connectivity index (χ1) is 9.48. The smallest absolute Gasteiger partial charge is 0.352 e. The molecule has 7 nitrogen and oxygen atoms in total. The van der Waals surface area contributed by atoms with Crippen LogP contribution in [0.2, 0.25) is 0 Å². The molecule has 2 N–H and O–H groups in total. The fourth-order valence-corrected chi connectivity index (χ4v) is 4.44. The summed E-state index contributed by atoms with van der Waals surface area (Å²) in [5.41, 5.74) is -0.108. The molecular formula is C12H17N3O4S. The minimum absolute atomic E-state index is 0.0290. The summed E-state index contributed by atoms with van der Waals surface area (Å²) in [5, 5.41) is 8.85. The first-order valence-corrected chi connectivity index (χ1v) is 8.08. The van der Waals surface area contributed by atoms with E-state index in [1.54, 1.807) is 0 Å². The predicted molar refractivity (Wildman–Crippen MR) is 71.1 cm³/mol. The third-order valence-corrected chi connectivity index (χ3v) is 5.92. The van der Waals surface area contributed by atoms with Gasteiger partial charge in [0, 0.05) is 31.9 Å². The SMILES string of the molecule is O=C(O)c1cc(S(=O)(=O)N2CCN3CCCC3C2)c[nH]1. The van der Waals surface area contributed by atoms with Gasteiger partial charge in [0.2, 0.25) is 10.0 Å². The highest BCUT2D eigenvalue weighted by molar-refractivity contribution is 7.89. The van der Waals surface area contributed by atoms with Crippen molar-refractivity contribution in [2.75, 3.05) is 26.2 Å². The number of sulfonamides is 1. The van der Waals surface area contributed by atoms with Crippen molar-refractivity contribution in [1.82, 2.24) is 14.2 Å². The van der Waals surface area contributed by atoms with Crippen molar-refractivity contribution in [3.8, 4) is 0 Å². The van der Waals surface area contributed by atoms with E-state index in [0.717, 1.165) is 25.9 Å². The van der Waals surface area contributed by atoms with E-state index in [2.05, 4.69) is 9.88 Å². The summed E-state index contributed by atoms with van der Waals surface area (Å²) >= 11 is 0. The number of hydrogen-bond donors (Lipinski definition) is 2. The van der Waals surface area contributed by atoms with Crippen LogP contribution < -0.4 is 0 Å². The number of carboxylic acids is 1. The van der Waals surface area contributed by atoms with E-state index in [0.29, 0.717) is 19.1 Å². The molecule has 0 spiro atoms. The zero-order valence-electron chi connectivity index (χ0n) is 10.9. The van der Waals surface area contributed by atoms with Crippen LogP contribution in [0.25, 0.3) is 0 Å². The number of aromatic nitrogens is 1. The molecule has 0 amide bonds. The Bertz CT molecular complexity index is 624. The molecule has 0 aliphatic carbocycles. The Morgan fingerprint density at radius 1 is 1.35 bits per heavy atom. The minimum Gasteiger partial charge on any atom is -0.477 e. The van der Waals surface area contributed by atoms with Crippen LogP contribution in [0.5, 0.6) is 0 Å². The van der Waals surface area contributed by atoms with Gasteiger partial charge in [-0.25, -0.2) is 13.2 Å². The Labute approximate surface area is 117 Å². The van der Waals surface area contributed by atoms with Gasteiger partial charge in [0.25, 0.3) is 0 Å². The number of piperazine rings is 1. The van der Waals surface area contributed by atoms with Gasteiger partial charge in [-0.3, -0.25) is 4.90 Å². The maximum atomic E-state index is 12.5. The van der Waals surface area contributed by atoms with Crippen molar-refractivity contribution < 1.29 is 18.3 Å². The molecule has 8 heteroatoms. The van der Waals surface area contributed by atoms with Crippen LogP contribution in [0.1, 0.15) is 23.3 Å². The molecule has 110 valence electrons. The maximum absolute atomic E-state index is 12.5. The molecule has 1 atom stereocenters. The molecule has 1 aromatic heterocycles. The van der Waals surface area contributed by atoms with Gasteiger partial charge in [0.15, 0.2) is 0 Å². The monoisotopic (exact) mass is 299 g/mol. The van der Waals surface area contributed by atoms with E-state index in [1.165, 1.54) is 16.6 Å². The summed E-state index contributed by atoms with van der Waals surface area (Å²) in [5.74, 6) is -1.16. The van der Waals surface area contributed by atoms with Gasteiger partial charge in [-0.1, -0.05) is 0 Å². The van der Waals surface area contributed by atoms with Gasteiger partial charge < -0.3 is 10.1 Å². The van der Waals surface area contributed by atoms with E-state index in [9.17, 15) is 13.2 Å². The van der Waals surface area contributed by atoms with Crippen LogP contribution in [0.3, 0.4) is 0 Å². The molecule has 2 aliphatic rings. The van der Waals surface area contributed by atoms with Gasteiger partial charge in [0.05, 0.1) is 0 Å². The van der Waals surface area contributed by atoms with E-state index >= 15 is 0 Å². The number of aromatic carboxylic acids is 1. The molecule has 2 aliphatic heterocycles. The third kappa shape index (κ3) is 2.23. The highest BCUT2D eigenvalue weighted by Gasteiger charge is 2.36. The van der Waals surface area contributed by atoms with Crippen LogP contribution >= 0.6 is 0 Å². The molecule has 2 fully saturated rings. The van der Waals surface area contributed by atoms with E-state index in [-0.39, 0.29) is 10.6 Å². The summed E-state index contributed by atoms with van der Waals surface area (Å²) in [7, 11) is -3.60. The van der Waals surface area contributed by atoms with Crippen molar-refractivity contribution in [3.05, 3.63) is 18.0 Å². The van der Waals surface area contributed by atoms with Gasteiger partial charge in [-0.15, -0.1) is 0 Å². The van der Waals surface area contributed by atoms with Gasteiger partial charge in [-0.05, 0) is 25.5 Å². The normalized spacial score (nSPS) is 24.7. The Hall–Kier alpha value is -1.38. The topological polar surface area (TPSA) is 93.7 Å². The van der Waals surface area contributed by atoms with Crippen molar-refractivity contribution in [2.45, 2.75) is 23.8 Å². The first kappa shape index (κ1) is 13.6. The largest absolute Gasteiger partial charge is 0.477 e. The summed E-state index contributed by atoms with van der Waals surface area (Å²) in [4.78, 5) is 15.7. The van der Waals surface area contributed by atoms with Gasteiger partial charge in [0.1, 0.15) is 10.6 Å². The molecule has 20 heavy (non-hydrogen) atoms. The summed E-state index contributed by atoms with van der Waals surface area (Å²) in [6, 6.07) is 1.48. The van der Waals surface area contributed by atoms with Gasteiger partial charge >= 0.3 is 5.97 Å². The molecule has 3 rings (SSSR count). The molecule has 0 saturated carbocycles. The predicted octanol–water partition coefficient (Wildman–Crippen LogP) is 0.182. The Morgan fingerprint density at radius 2 is 2.15 bits per heavy atom. The number of aromatic amines is 1. The molecule has 3 heterocycles. The lowest BCUT2D eigenvalue weighted by atomic mass is 10.2. The number of hydrogen-bond acceptors (Lipinski definition) is 4. The highest BCUT2D eigenvalue weighted by Crippen LogP contribution is 2.26. The van der Waals surface area contributed by atoms with Crippen molar-refractivity contribution >= 4 is 16.0 Å². The van der Waals surface area contributed by atoms with Crippen molar-refractivity contribution in [1.29, 1.82) is 0 Å². The lowest BCUT2D eigenvalue weighted by molar-refractivity contribution is 0.0691. The Morgan fingerprint density at radius 3 is 2.85 bits per heavy atom. The molecule has 0 bridgehead atoms. The third-order valence-electron chi connectivity index (χ3n) is 4.07. The van der Waals surface area contributed by atoms with E-state index < -0.39 is 16.0 Å². The number of fused-ring (bicyclic) bond motifs is 1. The minimum atomic E-state index is -3.60. The summed E-state index contributed by atoms with van der Waals surface area (Å²) in [6.07, 6.45) is 3.39. The Balaban J connectivity index is 1.82.